The molecule has 1 aromatic heterocycles. The molecule has 1 saturated heterocycles. The van der Waals surface area contributed by atoms with Crippen molar-refractivity contribution >= 4 is 22.8 Å². The molecule has 43 heavy (non-hydrogen) atoms. The van der Waals surface area contributed by atoms with E-state index in [4.69, 9.17) is 48.9 Å². The Morgan fingerprint density at radius 2 is 2.00 bits per heavy atom. The molecule has 15 nitrogen and oxygen atoms in total. The van der Waals surface area contributed by atoms with Crippen LogP contribution in [0.4, 0.5) is 4.79 Å². The number of terminal acetylenes is 1. The van der Waals surface area contributed by atoms with E-state index in [0.717, 1.165) is 0 Å². The number of benzene rings is 1. The van der Waals surface area contributed by atoms with Crippen molar-refractivity contribution in [3.63, 3.8) is 0 Å². The summed E-state index contributed by atoms with van der Waals surface area (Å²) < 4.78 is 38.4. The van der Waals surface area contributed by atoms with Gasteiger partial charge in [0.15, 0.2) is 12.2 Å². The van der Waals surface area contributed by atoms with Crippen molar-refractivity contribution < 1.29 is 57.5 Å². The first kappa shape index (κ1) is 33.6. The Balaban J connectivity index is 1.86. The fraction of sp³-hybridized carbons (Fsp3) is 0.536. The van der Waals surface area contributed by atoms with Crippen LogP contribution in [0.2, 0.25) is 0 Å². The molecule has 0 aliphatic carbocycles. The Bertz CT molecular complexity index is 1400. The quantitative estimate of drug-likeness (QED) is 0.0746. The molecule has 236 valence electrons. The van der Waals surface area contributed by atoms with E-state index in [0.29, 0.717) is 12.2 Å². The summed E-state index contributed by atoms with van der Waals surface area (Å²) in [5, 5.41) is 26.0. The number of fused-ring (bicyclic) bond motifs is 1. The Morgan fingerprint density at radius 1 is 1.26 bits per heavy atom. The van der Waals surface area contributed by atoms with Gasteiger partial charge in [-0.15, -0.1) is 6.42 Å². The van der Waals surface area contributed by atoms with E-state index in [2.05, 4.69) is 11.1 Å². The van der Waals surface area contributed by atoms with Gasteiger partial charge in [-0.05, 0) is 39.8 Å². The molecule has 0 spiro atoms. The molecule has 2 aromatic rings. The van der Waals surface area contributed by atoms with Gasteiger partial charge in [-0.25, -0.2) is 9.59 Å². The van der Waals surface area contributed by atoms with E-state index in [1.807, 2.05) is 5.48 Å². The van der Waals surface area contributed by atoms with Crippen LogP contribution in [-0.4, -0.2) is 93.1 Å². The highest BCUT2D eigenvalue weighted by Gasteiger charge is 2.53. The predicted octanol–water partition coefficient (Wildman–Crippen LogP) is 1.72. The zero-order valence-electron chi connectivity index (χ0n) is 24.7. The molecule has 2 heterocycles. The third kappa shape index (κ3) is 7.93. The number of carbonyl (C=O) groups excluding carboxylic acids is 1. The molecule has 0 unspecified atom stereocenters. The maximum absolute atomic E-state index is 12.9. The topological polar surface area (TPSA) is 186 Å². The largest absolute Gasteiger partial charge is 0.506 e. The summed E-state index contributed by atoms with van der Waals surface area (Å²) in [6, 6.07) is 2.96. The first-order valence-electron chi connectivity index (χ1n) is 13.1. The lowest BCUT2D eigenvalue weighted by molar-refractivity contribution is -0.305. The lowest BCUT2D eigenvalue weighted by atomic mass is 9.89. The second-order valence-corrected chi connectivity index (χ2v) is 9.82. The van der Waals surface area contributed by atoms with Crippen molar-refractivity contribution in [2.75, 3.05) is 40.8 Å². The zero-order chi connectivity index (χ0) is 31.7. The van der Waals surface area contributed by atoms with Gasteiger partial charge in [-0.2, -0.15) is 5.48 Å². The minimum Gasteiger partial charge on any atom is -0.506 e. The average Bonchev–Trinajstić information content (AvgIpc) is 2.95. The molecule has 3 rings (SSSR count). The number of methoxy groups -OCH3 is 2. The van der Waals surface area contributed by atoms with Crippen LogP contribution in [0.3, 0.4) is 0 Å². The number of aliphatic hydroxyl groups excluding tert-OH is 1. The van der Waals surface area contributed by atoms with E-state index in [9.17, 15) is 19.8 Å². The molecule has 1 aromatic carbocycles. The number of oxime groups is 1. The second kappa shape index (κ2) is 15.0. The highest BCUT2D eigenvalue weighted by Crippen LogP contribution is 2.37. The monoisotopic (exact) mass is 608 g/mol. The van der Waals surface area contributed by atoms with Gasteiger partial charge >= 0.3 is 11.7 Å². The Labute approximate surface area is 247 Å². The fourth-order valence-electron chi connectivity index (χ4n) is 4.44. The summed E-state index contributed by atoms with van der Waals surface area (Å²) in [5.74, 6) is 1.96. The molecule has 1 amide bonds. The molecule has 1 aliphatic heterocycles. The molecule has 1 fully saturated rings. The third-order valence-corrected chi connectivity index (χ3v) is 6.45. The first-order chi connectivity index (χ1) is 20.5. The van der Waals surface area contributed by atoms with Crippen molar-refractivity contribution in [2.45, 2.75) is 57.9 Å². The number of rotatable bonds is 13. The predicted molar refractivity (Wildman–Crippen MR) is 149 cm³/mol. The van der Waals surface area contributed by atoms with Crippen molar-refractivity contribution in [3.8, 4) is 23.8 Å². The first-order valence-corrected chi connectivity index (χ1v) is 13.1. The number of hydroxylamine groups is 1. The minimum atomic E-state index is -1.54. The van der Waals surface area contributed by atoms with Gasteiger partial charge < -0.3 is 47.9 Å². The molecular weight excluding hydrogens is 572 g/mol. The van der Waals surface area contributed by atoms with Gasteiger partial charge in [0.25, 0.3) is 0 Å². The number of nitrogens with zero attached hydrogens (tertiary/aromatic N) is 1. The summed E-state index contributed by atoms with van der Waals surface area (Å²) in [6.07, 6.45) is -0.982. The van der Waals surface area contributed by atoms with Crippen molar-refractivity contribution in [3.05, 3.63) is 33.7 Å². The summed E-state index contributed by atoms with van der Waals surface area (Å²) >= 11 is 0. The molecule has 0 saturated carbocycles. The standard InChI is InChI=1S/C28H36N2O13/c1-8-11-38-30-27(34)42-23-21(32)26(43-28(4,5)24(23)36-7)40-18-10-9-17-20(31)19(25(33)41-22(17)15(18)2)16(3)29-39-14-37-13-12-35-6/h1,9-10,21,23-24,26,31-32H,11-14H2,2-7H3,(H,30,34)/b29-16+/t21-,23+,24-,26-/m1/s1. The van der Waals surface area contributed by atoms with E-state index in [1.54, 1.807) is 20.8 Å². The number of aromatic hydroxyl groups is 1. The highest BCUT2D eigenvalue weighted by atomic mass is 16.7. The summed E-state index contributed by atoms with van der Waals surface area (Å²) in [6.45, 7) is 6.66. The second-order valence-electron chi connectivity index (χ2n) is 9.82. The maximum atomic E-state index is 12.9. The van der Waals surface area contributed by atoms with E-state index in [1.165, 1.54) is 33.3 Å². The van der Waals surface area contributed by atoms with Gasteiger partial charge in [0.05, 0.1) is 29.9 Å². The van der Waals surface area contributed by atoms with Gasteiger partial charge in [0, 0.05) is 19.8 Å². The summed E-state index contributed by atoms with van der Waals surface area (Å²) in [4.78, 5) is 34.9. The van der Waals surface area contributed by atoms with Gasteiger partial charge in [0.2, 0.25) is 13.1 Å². The van der Waals surface area contributed by atoms with Crippen LogP contribution < -0.4 is 15.8 Å². The number of aliphatic hydroxyl groups is 1. The van der Waals surface area contributed by atoms with E-state index in [-0.39, 0.29) is 53.8 Å². The number of amides is 1. The SMILES string of the molecule is C#CCONC(=O)O[C@H]1[C@@H](O)[C@H](Oc2ccc3c(O)c(/C(C)=N/OCOCCOC)c(=O)oc3c2C)OC(C)(C)[C@@H]1OC. The molecular formula is C28H36N2O13. The Kier molecular flexibility index (Phi) is 11.7. The van der Waals surface area contributed by atoms with Gasteiger partial charge in [-0.1, -0.05) is 11.1 Å². The van der Waals surface area contributed by atoms with Gasteiger partial charge in [-0.3, -0.25) is 4.84 Å². The van der Waals surface area contributed by atoms with Crippen LogP contribution in [0.15, 0.2) is 26.5 Å². The zero-order valence-corrected chi connectivity index (χ0v) is 24.7. The molecule has 4 atom stereocenters. The average molecular weight is 609 g/mol. The normalized spacial score (nSPS) is 21.7. The molecule has 0 radical (unpaired) electrons. The van der Waals surface area contributed by atoms with Crippen molar-refractivity contribution in [2.24, 2.45) is 5.16 Å². The fourth-order valence-corrected chi connectivity index (χ4v) is 4.44. The molecule has 0 bridgehead atoms. The van der Waals surface area contributed by atoms with E-state index >= 15 is 0 Å². The number of carbonyl (C=O) groups is 1. The van der Waals surface area contributed by atoms with Gasteiger partial charge in [0.1, 0.15) is 35.4 Å². The Hall–Kier alpha value is -3.91. The van der Waals surface area contributed by atoms with Crippen molar-refractivity contribution in [1.29, 1.82) is 0 Å². The molecule has 1 aliphatic rings. The van der Waals surface area contributed by atoms with Crippen LogP contribution in [0, 0.1) is 19.3 Å². The number of hydrogen-bond acceptors (Lipinski definition) is 14. The number of nitrogens with one attached hydrogen (secondary N) is 1. The summed E-state index contributed by atoms with van der Waals surface area (Å²) in [5.41, 5.74) is 0.242. The van der Waals surface area contributed by atoms with E-state index < -0.39 is 41.9 Å². The smallest absolute Gasteiger partial charge is 0.431 e. The molecule has 3 N–H and O–H groups in total. The van der Waals surface area contributed by atoms with Crippen LogP contribution >= 0.6 is 0 Å². The Morgan fingerprint density at radius 3 is 2.67 bits per heavy atom. The minimum absolute atomic E-state index is 0.0255. The maximum Gasteiger partial charge on any atom is 0.431 e. The van der Waals surface area contributed by atoms with Crippen LogP contribution in [-0.2, 0) is 33.4 Å². The number of aryl methyl sites for hydroxylation is 1. The number of ether oxygens (including phenoxy) is 6. The van der Waals surface area contributed by atoms with Crippen molar-refractivity contribution in [1.82, 2.24) is 5.48 Å². The number of hydrogen-bond donors (Lipinski definition) is 3. The van der Waals surface area contributed by atoms with Crippen LogP contribution in [0.25, 0.3) is 11.0 Å². The lowest BCUT2D eigenvalue weighted by Crippen LogP contribution is -2.65. The highest BCUT2D eigenvalue weighted by molar-refractivity contribution is 6.04. The third-order valence-electron chi connectivity index (χ3n) is 6.45. The summed E-state index contributed by atoms with van der Waals surface area (Å²) in [7, 11) is 2.91. The van der Waals surface area contributed by atoms with Crippen LogP contribution in [0.1, 0.15) is 31.9 Å². The lowest BCUT2D eigenvalue weighted by Gasteiger charge is -2.47. The molecule has 15 heteroatoms. The van der Waals surface area contributed by atoms with Crippen LogP contribution in [0.5, 0.6) is 11.5 Å².